The lowest BCUT2D eigenvalue weighted by atomic mass is 10.1. The average molecular weight is 311 g/mol. The zero-order chi connectivity index (χ0) is 16.8. The van der Waals surface area contributed by atoms with E-state index in [1.165, 1.54) is 6.92 Å². The first kappa shape index (κ1) is 16.7. The highest BCUT2D eigenvalue weighted by atomic mass is 16.5. The minimum Gasteiger partial charge on any atom is -0.484 e. The van der Waals surface area contributed by atoms with Gasteiger partial charge in [-0.15, -0.1) is 0 Å². The molecule has 0 heterocycles. The first-order valence-electron chi connectivity index (χ1n) is 7.60. The van der Waals surface area contributed by atoms with E-state index in [-0.39, 0.29) is 24.3 Å². The molecular formula is C19H21NO3. The van der Waals surface area contributed by atoms with Gasteiger partial charge >= 0.3 is 0 Å². The third-order valence-electron chi connectivity index (χ3n) is 3.44. The number of benzene rings is 2. The van der Waals surface area contributed by atoms with Crippen molar-refractivity contribution in [1.82, 2.24) is 0 Å². The summed E-state index contributed by atoms with van der Waals surface area (Å²) in [5.41, 5.74) is 1.47. The summed E-state index contributed by atoms with van der Waals surface area (Å²) in [4.78, 5) is 25.4. The van der Waals surface area contributed by atoms with Crippen molar-refractivity contribution >= 4 is 17.4 Å². The third-order valence-corrected chi connectivity index (χ3v) is 3.44. The Morgan fingerprint density at radius 3 is 2.13 bits per heavy atom. The smallest absolute Gasteiger partial charge is 0.265 e. The average Bonchev–Trinajstić information content (AvgIpc) is 2.54. The Bertz CT molecular complexity index is 663. The Balaban J connectivity index is 2.03. The van der Waals surface area contributed by atoms with Gasteiger partial charge in [0.05, 0.1) is 0 Å². The van der Waals surface area contributed by atoms with Crippen LogP contribution in [0.2, 0.25) is 0 Å². The number of Topliss-reactive ketones (excluding diaryl/α,β-unsaturated/α-hetero) is 1. The lowest BCUT2D eigenvalue weighted by Crippen LogP contribution is -2.40. The third kappa shape index (κ3) is 4.42. The highest BCUT2D eigenvalue weighted by molar-refractivity contribution is 5.95. The van der Waals surface area contributed by atoms with Crippen LogP contribution in [0.1, 0.15) is 31.1 Å². The van der Waals surface area contributed by atoms with Crippen LogP contribution >= 0.6 is 0 Å². The Hall–Kier alpha value is -2.62. The van der Waals surface area contributed by atoms with E-state index in [0.717, 1.165) is 5.69 Å². The number of carbonyl (C=O) groups is 2. The molecule has 0 spiro atoms. The van der Waals surface area contributed by atoms with Gasteiger partial charge in [-0.1, -0.05) is 18.2 Å². The summed E-state index contributed by atoms with van der Waals surface area (Å²) in [7, 11) is 0. The Labute approximate surface area is 136 Å². The van der Waals surface area contributed by atoms with Gasteiger partial charge in [-0.05, 0) is 57.2 Å². The van der Waals surface area contributed by atoms with E-state index in [9.17, 15) is 9.59 Å². The van der Waals surface area contributed by atoms with E-state index < -0.39 is 0 Å². The normalized spacial score (nSPS) is 10.4. The van der Waals surface area contributed by atoms with Crippen molar-refractivity contribution in [3.8, 4) is 5.75 Å². The van der Waals surface area contributed by atoms with Crippen molar-refractivity contribution in [2.24, 2.45) is 0 Å². The summed E-state index contributed by atoms with van der Waals surface area (Å²) in [5, 5.41) is 0. The maximum absolute atomic E-state index is 12.5. The molecule has 23 heavy (non-hydrogen) atoms. The fraction of sp³-hybridized carbons (Fsp3) is 0.263. The van der Waals surface area contributed by atoms with Crippen molar-refractivity contribution in [3.05, 3.63) is 60.2 Å². The number of hydrogen-bond acceptors (Lipinski definition) is 3. The molecule has 4 nitrogen and oxygen atoms in total. The molecule has 2 aromatic carbocycles. The van der Waals surface area contributed by atoms with Gasteiger partial charge in [-0.3, -0.25) is 9.59 Å². The lowest BCUT2D eigenvalue weighted by Gasteiger charge is -2.26. The molecule has 0 saturated heterocycles. The van der Waals surface area contributed by atoms with Gasteiger partial charge in [0.2, 0.25) is 0 Å². The maximum Gasteiger partial charge on any atom is 0.265 e. The number of anilines is 1. The SMILES string of the molecule is CC(=O)c1ccc(OCC(=O)N(c2ccccc2)C(C)C)cc1. The minimum absolute atomic E-state index is 0.00249. The molecule has 0 aromatic heterocycles. The molecule has 0 atom stereocenters. The second kappa shape index (κ2) is 7.58. The quantitative estimate of drug-likeness (QED) is 0.764. The van der Waals surface area contributed by atoms with Crippen LogP contribution in [-0.2, 0) is 4.79 Å². The maximum atomic E-state index is 12.5. The fourth-order valence-electron chi connectivity index (χ4n) is 2.32. The number of hydrogen-bond donors (Lipinski definition) is 0. The van der Waals surface area contributed by atoms with Crippen LogP contribution < -0.4 is 9.64 Å². The van der Waals surface area contributed by atoms with E-state index in [1.807, 2.05) is 44.2 Å². The van der Waals surface area contributed by atoms with Gasteiger partial charge in [-0.25, -0.2) is 0 Å². The Kier molecular flexibility index (Phi) is 5.52. The van der Waals surface area contributed by atoms with Crippen LogP contribution in [0.4, 0.5) is 5.69 Å². The van der Waals surface area contributed by atoms with Crippen LogP contribution in [-0.4, -0.2) is 24.3 Å². The zero-order valence-corrected chi connectivity index (χ0v) is 13.7. The monoisotopic (exact) mass is 311 g/mol. The van der Waals surface area contributed by atoms with Crippen molar-refractivity contribution in [2.45, 2.75) is 26.8 Å². The van der Waals surface area contributed by atoms with Gasteiger partial charge in [0, 0.05) is 17.3 Å². The van der Waals surface area contributed by atoms with E-state index in [4.69, 9.17) is 4.74 Å². The molecule has 2 rings (SSSR count). The van der Waals surface area contributed by atoms with Crippen molar-refractivity contribution in [1.29, 1.82) is 0 Å². The van der Waals surface area contributed by atoms with Crippen LogP contribution in [0.15, 0.2) is 54.6 Å². The minimum atomic E-state index is -0.109. The van der Waals surface area contributed by atoms with Gasteiger partial charge in [-0.2, -0.15) is 0 Å². The number of nitrogens with zero attached hydrogens (tertiary/aromatic N) is 1. The molecule has 0 aliphatic rings. The summed E-state index contributed by atoms with van der Waals surface area (Å²) >= 11 is 0. The number of carbonyl (C=O) groups excluding carboxylic acids is 2. The molecule has 0 bridgehead atoms. The molecular weight excluding hydrogens is 290 g/mol. The predicted molar refractivity (Wildman–Crippen MR) is 91.0 cm³/mol. The standard InChI is InChI=1S/C19H21NO3/c1-14(2)20(17-7-5-4-6-8-17)19(22)13-23-18-11-9-16(10-12-18)15(3)21/h4-12,14H,13H2,1-3H3. The molecule has 0 aliphatic carbocycles. The van der Waals surface area contributed by atoms with Gasteiger partial charge in [0.25, 0.3) is 5.91 Å². The second-order valence-corrected chi connectivity index (χ2v) is 5.56. The predicted octanol–water partition coefficient (Wildman–Crippen LogP) is 3.71. The number of amides is 1. The van der Waals surface area contributed by atoms with Gasteiger partial charge < -0.3 is 9.64 Å². The van der Waals surface area contributed by atoms with Crippen molar-refractivity contribution < 1.29 is 14.3 Å². The first-order valence-corrected chi connectivity index (χ1v) is 7.60. The largest absolute Gasteiger partial charge is 0.484 e. The fourth-order valence-corrected chi connectivity index (χ4v) is 2.32. The molecule has 0 aliphatic heterocycles. The summed E-state index contributed by atoms with van der Waals surface area (Å²) in [6.07, 6.45) is 0. The number of para-hydroxylation sites is 1. The lowest BCUT2D eigenvalue weighted by molar-refractivity contribution is -0.120. The van der Waals surface area contributed by atoms with E-state index in [0.29, 0.717) is 11.3 Å². The van der Waals surface area contributed by atoms with Crippen LogP contribution in [0, 0.1) is 0 Å². The molecule has 2 aromatic rings. The highest BCUT2D eigenvalue weighted by Gasteiger charge is 2.19. The first-order chi connectivity index (χ1) is 11.0. The van der Waals surface area contributed by atoms with E-state index in [1.54, 1.807) is 29.2 Å². The van der Waals surface area contributed by atoms with E-state index in [2.05, 4.69) is 0 Å². The molecule has 1 amide bonds. The summed E-state index contributed by atoms with van der Waals surface area (Å²) in [6, 6.07) is 16.4. The molecule has 120 valence electrons. The molecule has 4 heteroatoms. The Morgan fingerprint density at radius 1 is 1.00 bits per heavy atom. The molecule has 0 N–H and O–H groups in total. The second-order valence-electron chi connectivity index (χ2n) is 5.56. The zero-order valence-electron chi connectivity index (χ0n) is 13.7. The molecule has 0 fully saturated rings. The van der Waals surface area contributed by atoms with Crippen molar-refractivity contribution in [3.63, 3.8) is 0 Å². The molecule has 0 unspecified atom stereocenters. The van der Waals surface area contributed by atoms with Crippen molar-refractivity contribution in [2.75, 3.05) is 11.5 Å². The number of ketones is 1. The molecule has 0 saturated carbocycles. The summed E-state index contributed by atoms with van der Waals surface area (Å²) in [6.45, 7) is 5.39. The number of rotatable bonds is 6. The van der Waals surface area contributed by atoms with Crippen LogP contribution in [0.25, 0.3) is 0 Å². The van der Waals surface area contributed by atoms with Gasteiger partial charge in [0.1, 0.15) is 5.75 Å². The van der Waals surface area contributed by atoms with E-state index >= 15 is 0 Å². The van der Waals surface area contributed by atoms with Gasteiger partial charge in [0.15, 0.2) is 12.4 Å². The number of ether oxygens (including phenoxy) is 1. The molecule has 0 radical (unpaired) electrons. The van der Waals surface area contributed by atoms with Crippen LogP contribution in [0.5, 0.6) is 5.75 Å². The Morgan fingerprint density at radius 2 is 1.61 bits per heavy atom. The topological polar surface area (TPSA) is 46.6 Å². The summed E-state index contributed by atoms with van der Waals surface area (Å²) in [5.74, 6) is 0.463. The highest BCUT2D eigenvalue weighted by Crippen LogP contribution is 2.18. The summed E-state index contributed by atoms with van der Waals surface area (Å²) < 4.78 is 5.55. The van der Waals surface area contributed by atoms with Crippen LogP contribution in [0.3, 0.4) is 0 Å².